The Bertz CT molecular complexity index is 304. The van der Waals surface area contributed by atoms with E-state index in [4.69, 9.17) is 0 Å². The highest BCUT2D eigenvalue weighted by molar-refractivity contribution is 7.99. The fourth-order valence-corrected chi connectivity index (χ4v) is 2.35. The van der Waals surface area contributed by atoms with E-state index in [-0.39, 0.29) is 6.10 Å². The molecule has 0 aliphatic carbocycles. The summed E-state index contributed by atoms with van der Waals surface area (Å²) in [5, 5.41) is 12.8. The Kier molecular flexibility index (Phi) is 6.53. The van der Waals surface area contributed by atoms with Crippen LogP contribution in [0.5, 0.6) is 0 Å². The van der Waals surface area contributed by atoms with Crippen LogP contribution in [0.4, 0.5) is 0 Å². The van der Waals surface area contributed by atoms with Gasteiger partial charge in [-0.25, -0.2) is 0 Å². The van der Waals surface area contributed by atoms with Gasteiger partial charge >= 0.3 is 0 Å². The van der Waals surface area contributed by atoms with E-state index in [9.17, 15) is 5.11 Å². The van der Waals surface area contributed by atoms with Crippen molar-refractivity contribution in [3.05, 3.63) is 29.8 Å². The van der Waals surface area contributed by atoms with Crippen LogP contribution in [-0.2, 0) is 6.54 Å². The summed E-state index contributed by atoms with van der Waals surface area (Å²) in [5.74, 6) is 0.779. The minimum atomic E-state index is -0.192. The molecule has 3 heteroatoms. The smallest absolute Gasteiger partial charge is 0.0631 e. The van der Waals surface area contributed by atoms with Crippen molar-refractivity contribution in [2.75, 3.05) is 12.3 Å². The van der Waals surface area contributed by atoms with E-state index in [2.05, 4.69) is 36.5 Å². The van der Waals surface area contributed by atoms with Crippen molar-refractivity contribution in [2.24, 2.45) is 0 Å². The highest BCUT2D eigenvalue weighted by atomic mass is 32.2. The molecule has 16 heavy (non-hydrogen) atoms. The number of hydrogen-bond donors (Lipinski definition) is 2. The van der Waals surface area contributed by atoms with Gasteiger partial charge in [0.1, 0.15) is 0 Å². The van der Waals surface area contributed by atoms with Gasteiger partial charge in [-0.2, -0.15) is 0 Å². The fraction of sp³-hybridized carbons (Fsp3) is 0.538. The molecule has 2 N–H and O–H groups in total. The predicted octanol–water partition coefficient (Wildman–Crippen LogP) is 2.66. The highest BCUT2D eigenvalue weighted by Crippen LogP contribution is 2.20. The summed E-state index contributed by atoms with van der Waals surface area (Å²) in [6.45, 7) is 6.02. The summed E-state index contributed by atoms with van der Waals surface area (Å²) in [6, 6.07) is 8.49. The molecule has 0 aromatic heterocycles. The SMILES string of the molecule is CCNCc1cccc(SCC(O)CC)c1. The average molecular weight is 239 g/mol. The zero-order valence-electron chi connectivity index (χ0n) is 10.1. The molecule has 1 unspecified atom stereocenters. The van der Waals surface area contributed by atoms with E-state index in [1.165, 1.54) is 10.5 Å². The van der Waals surface area contributed by atoms with Crippen LogP contribution in [0.15, 0.2) is 29.2 Å². The third-order valence-corrected chi connectivity index (χ3v) is 3.53. The van der Waals surface area contributed by atoms with Gasteiger partial charge in [-0.05, 0) is 30.7 Å². The van der Waals surface area contributed by atoms with Crippen molar-refractivity contribution in [1.82, 2.24) is 5.32 Å². The van der Waals surface area contributed by atoms with Gasteiger partial charge < -0.3 is 10.4 Å². The molecule has 1 rings (SSSR count). The van der Waals surface area contributed by atoms with Gasteiger partial charge in [0.15, 0.2) is 0 Å². The van der Waals surface area contributed by atoms with Crippen LogP contribution < -0.4 is 5.32 Å². The lowest BCUT2D eigenvalue weighted by atomic mass is 10.2. The number of benzene rings is 1. The van der Waals surface area contributed by atoms with E-state index in [1.807, 2.05) is 6.92 Å². The van der Waals surface area contributed by atoms with Crippen LogP contribution in [-0.4, -0.2) is 23.5 Å². The van der Waals surface area contributed by atoms with Gasteiger partial charge in [-0.1, -0.05) is 26.0 Å². The lowest BCUT2D eigenvalue weighted by molar-refractivity contribution is 0.195. The number of hydrogen-bond acceptors (Lipinski definition) is 3. The molecular weight excluding hydrogens is 218 g/mol. The quantitative estimate of drug-likeness (QED) is 0.718. The maximum absolute atomic E-state index is 9.50. The van der Waals surface area contributed by atoms with Crippen LogP contribution in [0.1, 0.15) is 25.8 Å². The average Bonchev–Trinajstić information content (AvgIpc) is 2.34. The molecule has 0 spiro atoms. The van der Waals surface area contributed by atoms with E-state index in [0.29, 0.717) is 0 Å². The second-order valence-corrected chi connectivity index (χ2v) is 4.89. The van der Waals surface area contributed by atoms with E-state index >= 15 is 0 Å². The molecule has 0 amide bonds. The van der Waals surface area contributed by atoms with E-state index in [1.54, 1.807) is 11.8 Å². The molecule has 0 fully saturated rings. The van der Waals surface area contributed by atoms with E-state index in [0.717, 1.165) is 25.3 Å². The Morgan fingerprint density at radius 2 is 2.19 bits per heavy atom. The predicted molar refractivity (Wildman–Crippen MR) is 70.8 cm³/mol. The summed E-state index contributed by atoms with van der Waals surface area (Å²) in [6.07, 6.45) is 0.631. The minimum absolute atomic E-state index is 0.192. The van der Waals surface area contributed by atoms with E-state index < -0.39 is 0 Å². The Balaban J connectivity index is 2.46. The first-order valence-electron chi connectivity index (χ1n) is 5.86. The lowest BCUT2D eigenvalue weighted by Crippen LogP contribution is -2.11. The monoisotopic (exact) mass is 239 g/mol. The molecule has 1 aromatic carbocycles. The van der Waals surface area contributed by atoms with Crippen LogP contribution in [0.3, 0.4) is 0 Å². The van der Waals surface area contributed by atoms with Gasteiger partial charge in [0.05, 0.1) is 6.10 Å². The van der Waals surface area contributed by atoms with Crippen molar-refractivity contribution in [3.63, 3.8) is 0 Å². The number of aliphatic hydroxyl groups excluding tert-OH is 1. The van der Waals surface area contributed by atoms with Gasteiger partial charge in [0.25, 0.3) is 0 Å². The standard InChI is InChI=1S/C13H21NOS/c1-3-12(15)10-16-13-7-5-6-11(8-13)9-14-4-2/h5-8,12,14-15H,3-4,9-10H2,1-2H3. The summed E-state index contributed by atoms with van der Waals surface area (Å²) in [7, 11) is 0. The molecular formula is C13H21NOS. The zero-order valence-corrected chi connectivity index (χ0v) is 10.9. The number of rotatable bonds is 7. The third kappa shape index (κ3) is 5.01. The Labute approximate surface area is 102 Å². The first-order valence-corrected chi connectivity index (χ1v) is 6.85. The largest absolute Gasteiger partial charge is 0.392 e. The molecule has 0 radical (unpaired) electrons. The molecule has 90 valence electrons. The van der Waals surface area contributed by atoms with Crippen LogP contribution in [0.2, 0.25) is 0 Å². The normalized spacial score (nSPS) is 12.7. The summed E-state index contributed by atoms with van der Waals surface area (Å²) in [5.41, 5.74) is 1.30. The van der Waals surface area contributed by atoms with Crippen molar-refractivity contribution in [1.29, 1.82) is 0 Å². The molecule has 0 bridgehead atoms. The second-order valence-electron chi connectivity index (χ2n) is 3.80. The van der Waals surface area contributed by atoms with Crippen molar-refractivity contribution in [3.8, 4) is 0 Å². The molecule has 0 saturated heterocycles. The maximum atomic E-state index is 9.50. The Hall–Kier alpha value is -0.510. The zero-order chi connectivity index (χ0) is 11.8. The molecule has 2 nitrogen and oxygen atoms in total. The van der Waals surface area contributed by atoms with Crippen molar-refractivity contribution in [2.45, 2.75) is 37.8 Å². The Morgan fingerprint density at radius 3 is 2.88 bits per heavy atom. The lowest BCUT2D eigenvalue weighted by Gasteiger charge is -2.08. The first-order chi connectivity index (χ1) is 7.76. The molecule has 0 saturated carbocycles. The van der Waals surface area contributed by atoms with Crippen LogP contribution in [0, 0.1) is 0 Å². The molecule has 0 aliphatic rings. The number of aliphatic hydroxyl groups is 1. The number of thioether (sulfide) groups is 1. The van der Waals surface area contributed by atoms with Crippen molar-refractivity contribution >= 4 is 11.8 Å². The summed E-state index contributed by atoms with van der Waals surface area (Å²) >= 11 is 1.72. The van der Waals surface area contributed by atoms with Gasteiger partial charge in [-0.3, -0.25) is 0 Å². The van der Waals surface area contributed by atoms with Crippen molar-refractivity contribution < 1.29 is 5.11 Å². The van der Waals surface area contributed by atoms with Gasteiger partial charge in [-0.15, -0.1) is 11.8 Å². The summed E-state index contributed by atoms with van der Waals surface area (Å²) < 4.78 is 0. The summed E-state index contributed by atoms with van der Waals surface area (Å²) in [4.78, 5) is 1.24. The Morgan fingerprint density at radius 1 is 1.38 bits per heavy atom. The van der Waals surface area contributed by atoms with Crippen LogP contribution in [0.25, 0.3) is 0 Å². The minimum Gasteiger partial charge on any atom is -0.392 e. The van der Waals surface area contributed by atoms with Gasteiger partial charge in [0.2, 0.25) is 0 Å². The third-order valence-electron chi connectivity index (χ3n) is 2.39. The highest BCUT2D eigenvalue weighted by Gasteiger charge is 2.02. The molecule has 1 atom stereocenters. The molecule has 0 aliphatic heterocycles. The molecule has 1 aromatic rings. The fourth-order valence-electron chi connectivity index (χ4n) is 1.32. The first kappa shape index (κ1) is 13.6. The molecule has 0 heterocycles. The number of nitrogens with one attached hydrogen (secondary N) is 1. The second kappa shape index (κ2) is 7.71. The van der Waals surface area contributed by atoms with Gasteiger partial charge in [0, 0.05) is 17.2 Å². The maximum Gasteiger partial charge on any atom is 0.0631 e. The topological polar surface area (TPSA) is 32.3 Å². The van der Waals surface area contributed by atoms with Crippen LogP contribution >= 0.6 is 11.8 Å².